The Labute approximate surface area is 117 Å². The van der Waals surface area contributed by atoms with Crippen LogP contribution in [0, 0.1) is 0 Å². The van der Waals surface area contributed by atoms with Crippen LogP contribution in [0.3, 0.4) is 0 Å². The molecule has 0 unspecified atom stereocenters. The van der Waals surface area contributed by atoms with E-state index in [0.29, 0.717) is 0 Å². The third-order valence-electron chi connectivity index (χ3n) is 4.24. The number of nitrogens with zero attached hydrogens (tertiary/aromatic N) is 2. The van der Waals surface area contributed by atoms with Gasteiger partial charge in [0.25, 0.3) is 0 Å². The fourth-order valence-corrected chi connectivity index (χ4v) is 3.21. The molecule has 4 nitrogen and oxygen atoms in total. The molecule has 0 amide bonds. The maximum Gasteiger partial charge on any atom is 0.248 e. The van der Waals surface area contributed by atoms with Crippen LogP contribution in [0.25, 0.3) is 10.9 Å². The zero-order valence-corrected chi connectivity index (χ0v) is 11.4. The van der Waals surface area contributed by atoms with Gasteiger partial charge in [-0.2, -0.15) is 0 Å². The summed E-state index contributed by atoms with van der Waals surface area (Å²) < 4.78 is 0. The van der Waals surface area contributed by atoms with Crippen LogP contribution in [0.1, 0.15) is 30.4 Å². The lowest BCUT2D eigenvalue weighted by atomic mass is 10.0. The minimum absolute atomic E-state index is 0.0485. The van der Waals surface area contributed by atoms with Gasteiger partial charge in [0, 0.05) is 30.2 Å². The van der Waals surface area contributed by atoms with Gasteiger partial charge in [0.2, 0.25) is 5.56 Å². The summed E-state index contributed by atoms with van der Waals surface area (Å²) in [5, 5.41) is 1.08. The average Bonchev–Trinajstić information content (AvgIpc) is 2.88. The zero-order chi connectivity index (χ0) is 13.5. The van der Waals surface area contributed by atoms with E-state index in [1.807, 2.05) is 6.07 Å². The second-order valence-electron chi connectivity index (χ2n) is 5.61. The molecule has 1 aromatic heterocycles. The molecule has 0 radical (unpaired) electrons. The van der Waals surface area contributed by atoms with E-state index in [-0.39, 0.29) is 5.56 Å². The van der Waals surface area contributed by atoms with Crippen LogP contribution in [0.15, 0.2) is 34.1 Å². The lowest BCUT2D eigenvalue weighted by molar-refractivity contribution is 0.343. The van der Waals surface area contributed by atoms with Crippen LogP contribution in [0.4, 0.5) is 0 Å². The Bertz CT molecular complexity index is 754. The minimum Gasteiger partial charge on any atom is -0.356 e. The minimum atomic E-state index is -0.0485. The Morgan fingerprint density at radius 2 is 1.95 bits per heavy atom. The quantitative estimate of drug-likeness (QED) is 0.796. The smallest absolute Gasteiger partial charge is 0.248 e. The topological polar surface area (TPSA) is 48.5 Å². The van der Waals surface area contributed by atoms with Crippen molar-refractivity contribution in [2.24, 2.45) is 4.99 Å². The van der Waals surface area contributed by atoms with Gasteiger partial charge in [0.1, 0.15) is 5.84 Å². The van der Waals surface area contributed by atoms with Crippen LogP contribution in [-0.2, 0) is 6.54 Å². The van der Waals surface area contributed by atoms with Crippen molar-refractivity contribution in [2.75, 3.05) is 13.1 Å². The number of H-pyrrole nitrogens is 1. The van der Waals surface area contributed by atoms with E-state index in [2.05, 4.69) is 22.0 Å². The number of piperidine rings is 1. The van der Waals surface area contributed by atoms with Gasteiger partial charge in [-0.15, -0.1) is 0 Å². The Kier molecular flexibility index (Phi) is 2.62. The normalized spacial score (nSPS) is 18.2. The summed E-state index contributed by atoms with van der Waals surface area (Å²) in [4.78, 5) is 21.4. The van der Waals surface area contributed by atoms with Gasteiger partial charge in [-0.25, -0.2) is 0 Å². The molecule has 0 aliphatic carbocycles. The number of aromatic amines is 1. The molecule has 0 bridgehead atoms. The molecule has 2 aromatic rings. The molecule has 0 atom stereocenters. The second-order valence-corrected chi connectivity index (χ2v) is 5.61. The summed E-state index contributed by atoms with van der Waals surface area (Å²) in [6, 6.07) is 7.72. The number of nitrogens with one attached hydrogen (secondary N) is 1. The van der Waals surface area contributed by atoms with E-state index in [1.165, 1.54) is 30.4 Å². The number of aliphatic imine (C=N–C) groups is 1. The summed E-state index contributed by atoms with van der Waals surface area (Å²) in [5.41, 5.74) is 3.32. The number of likely N-dealkylation sites (tertiary alicyclic amines) is 1. The van der Waals surface area contributed by atoms with Crippen molar-refractivity contribution in [1.29, 1.82) is 0 Å². The lowest BCUT2D eigenvalue weighted by Gasteiger charge is -2.29. The second kappa shape index (κ2) is 4.47. The third-order valence-corrected chi connectivity index (χ3v) is 4.24. The van der Waals surface area contributed by atoms with Crippen LogP contribution in [0.5, 0.6) is 0 Å². The first-order valence-corrected chi connectivity index (χ1v) is 7.27. The number of fused-ring (bicyclic) bond motifs is 2. The van der Waals surface area contributed by atoms with Crippen molar-refractivity contribution in [1.82, 2.24) is 9.88 Å². The fourth-order valence-electron chi connectivity index (χ4n) is 3.21. The number of pyridine rings is 1. The SMILES string of the molecule is O=c1ccc2cc3c(cc2[nH]1)CN=C3N1CCCCC1. The summed E-state index contributed by atoms with van der Waals surface area (Å²) >= 11 is 0. The van der Waals surface area contributed by atoms with E-state index in [0.717, 1.165) is 36.4 Å². The molecule has 4 heteroatoms. The molecule has 0 saturated carbocycles. The van der Waals surface area contributed by atoms with Crippen molar-refractivity contribution in [2.45, 2.75) is 25.8 Å². The highest BCUT2D eigenvalue weighted by Gasteiger charge is 2.23. The van der Waals surface area contributed by atoms with Crippen LogP contribution in [-0.4, -0.2) is 28.8 Å². The summed E-state index contributed by atoms with van der Waals surface area (Å²) in [7, 11) is 0. The highest BCUT2D eigenvalue weighted by Crippen LogP contribution is 2.26. The van der Waals surface area contributed by atoms with Gasteiger partial charge in [0.15, 0.2) is 0 Å². The van der Waals surface area contributed by atoms with Crippen molar-refractivity contribution in [3.05, 3.63) is 45.7 Å². The van der Waals surface area contributed by atoms with E-state index < -0.39 is 0 Å². The van der Waals surface area contributed by atoms with Crippen molar-refractivity contribution in [3.63, 3.8) is 0 Å². The summed E-state index contributed by atoms with van der Waals surface area (Å²) in [6.45, 7) is 2.96. The fraction of sp³-hybridized carbons (Fsp3) is 0.375. The predicted octanol–water partition coefficient (Wildman–Crippen LogP) is 2.27. The van der Waals surface area contributed by atoms with E-state index >= 15 is 0 Å². The van der Waals surface area contributed by atoms with E-state index in [4.69, 9.17) is 4.99 Å². The number of benzene rings is 1. The van der Waals surface area contributed by atoms with Gasteiger partial charge in [-0.3, -0.25) is 9.79 Å². The predicted molar refractivity (Wildman–Crippen MR) is 80.2 cm³/mol. The van der Waals surface area contributed by atoms with Crippen molar-refractivity contribution in [3.8, 4) is 0 Å². The molecule has 20 heavy (non-hydrogen) atoms. The first-order valence-electron chi connectivity index (χ1n) is 7.27. The third kappa shape index (κ3) is 1.83. The number of rotatable bonds is 0. The largest absolute Gasteiger partial charge is 0.356 e. The molecule has 2 aliphatic heterocycles. The van der Waals surface area contributed by atoms with Crippen LogP contribution >= 0.6 is 0 Å². The monoisotopic (exact) mass is 267 g/mol. The van der Waals surface area contributed by atoms with Gasteiger partial charge < -0.3 is 9.88 Å². The van der Waals surface area contributed by atoms with Gasteiger partial charge in [0.05, 0.1) is 6.54 Å². The summed E-state index contributed by atoms with van der Waals surface area (Å²) in [6.07, 6.45) is 3.85. The Hall–Kier alpha value is -2.10. The molecule has 102 valence electrons. The number of hydrogen-bond donors (Lipinski definition) is 1. The number of amidine groups is 1. The highest BCUT2D eigenvalue weighted by atomic mass is 16.1. The van der Waals surface area contributed by atoms with Crippen molar-refractivity contribution >= 4 is 16.7 Å². The molecular formula is C16H17N3O. The van der Waals surface area contributed by atoms with E-state index in [9.17, 15) is 4.79 Å². The van der Waals surface area contributed by atoms with Gasteiger partial charge in [-0.05, 0) is 48.4 Å². The molecule has 2 aliphatic rings. The van der Waals surface area contributed by atoms with Crippen LogP contribution < -0.4 is 5.56 Å². The lowest BCUT2D eigenvalue weighted by Crippen LogP contribution is -2.35. The highest BCUT2D eigenvalue weighted by molar-refractivity contribution is 6.04. The average molecular weight is 267 g/mol. The molecular weight excluding hydrogens is 250 g/mol. The summed E-state index contributed by atoms with van der Waals surface area (Å²) in [5.74, 6) is 1.15. The molecule has 1 saturated heterocycles. The molecule has 0 spiro atoms. The van der Waals surface area contributed by atoms with Crippen LogP contribution in [0.2, 0.25) is 0 Å². The number of hydrogen-bond acceptors (Lipinski definition) is 3. The maximum atomic E-state index is 11.4. The van der Waals surface area contributed by atoms with Crippen molar-refractivity contribution < 1.29 is 0 Å². The zero-order valence-electron chi connectivity index (χ0n) is 11.4. The van der Waals surface area contributed by atoms with Gasteiger partial charge in [-0.1, -0.05) is 0 Å². The molecule has 4 rings (SSSR count). The standard InChI is InChI=1S/C16H17N3O/c20-15-5-4-11-8-13-12(9-14(11)18-15)10-17-16(13)19-6-2-1-3-7-19/h4-5,8-9H,1-3,6-7,10H2,(H,18,20). The first-order chi connectivity index (χ1) is 9.81. The molecule has 3 heterocycles. The Morgan fingerprint density at radius 1 is 1.10 bits per heavy atom. The molecule has 1 N–H and O–H groups in total. The molecule has 1 fully saturated rings. The van der Waals surface area contributed by atoms with E-state index in [1.54, 1.807) is 6.07 Å². The molecule has 1 aromatic carbocycles. The Morgan fingerprint density at radius 3 is 2.80 bits per heavy atom. The number of aromatic nitrogens is 1. The van der Waals surface area contributed by atoms with Gasteiger partial charge >= 0.3 is 0 Å². The maximum absolute atomic E-state index is 11.4. The Balaban J connectivity index is 1.79. The first kappa shape index (κ1) is 11.7.